The van der Waals surface area contributed by atoms with E-state index < -0.39 is 5.97 Å². The number of hydrogen-bond acceptors (Lipinski definition) is 4. The Morgan fingerprint density at radius 1 is 1.58 bits per heavy atom. The molecule has 0 spiro atoms. The number of carbonyl (C=O) groups excluding carboxylic acids is 2. The van der Waals surface area contributed by atoms with Crippen molar-refractivity contribution in [3.63, 3.8) is 0 Å². The number of carbonyl (C=O) groups is 2. The number of hydrogen-bond donors (Lipinski definition) is 0. The van der Waals surface area contributed by atoms with Crippen molar-refractivity contribution in [3.05, 3.63) is 21.9 Å². The van der Waals surface area contributed by atoms with Crippen molar-refractivity contribution >= 4 is 23.1 Å². The fourth-order valence-corrected chi connectivity index (χ4v) is 1.37. The van der Waals surface area contributed by atoms with E-state index in [2.05, 4.69) is 10.1 Å². The van der Waals surface area contributed by atoms with Gasteiger partial charge in [0.1, 0.15) is 0 Å². The van der Waals surface area contributed by atoms with E-state index in [1.807, 2.05) is 0 Å². The molecule has 0 aromatic carbocycles. The number of ketones is 1. The summed E-state index contributed by atoms with van der Waals surface area (Å²) >= 11 is 1.13. The average Bonchev–Trinajstić information content (AvgIpc) is 2.51. The first-order valence-electron chi connectivity index (χ1n) is 3.26. The van der Waals surface area contributed by atoms with Crippen molar-refractivity contribution < 1.29 is 14.3 Å². The van der Waals surface area contributed by atoms with Crippen molar-refractivity contribution in [2.75, 3.05) is 7.11 Å². The molecule has 1 radical (unpaired) electrons. The maximum Gasteiger partial charge on any atom is 0.339 e. The second-order valence-corrected chi connectivity index (χ2v) is 3.02. The Labute approximate surface area is 74.0 Å². The number of ether oxygens (including phenoxy) is 1. The van der Waals surface area contributed by atoms with Crippen molar-refractivity contribution in [2.45, 2.75) is 6.92 Å². The van der Waals surface area contributed by atoms with Crippen LogP contribution in [0.25, 0.3) is 0 Å². The van der Waals surface area contributed by atoms with Gasteiger partial charge in [-0.2, -0.15) is 0 Å². The molecule has 0 N–H and O–H groups in total. The third-order valence-corrected chi connectivity index (χ3v) is 2.25. The van der Waals surface area contributed by atoms with Crippen LogP contribution in [0.5, 0.6) is 0 Å². The monoisotopic (exact) mass is 183 g/mol. The minimum atomic E-state index is -0.459. The maximum absolute atomic E-state index is 10.9. The number of methoxy groups -OCH3 is 1. The molecule has 0 unspecified atom stereocenters. The molecule has 0 aliphatic rings. The molecule has 0 aliphatic heterocycles. The molecule has 3 nitrogen and oxygen atoms in total. The molecule has 12 heavy (non-hydrogen) atoms. The lowest BCUT2D eigenvalue weighted by molar-refractivity contribution is 0.0601. The van der Waals surface area contributed by atoms with Crippen LogP contribution in [-0.2, 0) is 4.74 Å². The van der Waals surface area contributed by atoms with Gasteiger partial charge in [0.25, 0.3) is 0 Å². The Kier molecular flexibility index (Phi) is 2.60. The summed E-state index contributed by atoms with van der Waals surface area (Å²) in [5.41, 5.74) is 0.313. The first-order chi connectivity index (χ1) is 5.65. The van der Waals surface area contributed by atoms with Gasteiger partial charge in [-0.1, -0.05) is 0 Å². The Balaban J connectivity index is 2.91. The third kappa shape index (κ3) is 1.71. The van der Waals surface area contributed by atoms with E-state index >= 15 is 0 Å². The van der Waals surface area contributed by atoms with E-state index in [1.54, 1.807) is 0 Å². The van der Waals surface area contributed by atoms with Crippen LogP contribution in [-0.4, -0.2) is 18.9 Å². The quantitative estimate of drug-likeness (QED) is 0.516. The van der Waals surface area contributed by atoms with Gasteiger partial charge >= 0.3 is 5.97 Å². The lowest BCUT2D eigenvalue weighted by Gasteiger charge is -1.91. The van der Waals surface area contributed by atoms with E-state index in [-0.39, 0.29) is 5.78 Å². The van der Waals surface area contributed by atoms with Gasteiger partial charge in [-0.3, -0.25) is 4.79 Å². The molecule has 1 rings (SSSR count). The Bertz CT molecular complexity index is 314. The highest BCUT2D eigenvalue weighted by Crippen LogP contribution is 2.14. The normalized spacial score (nSPS) is 9.50. The topological polar surface area (TPSA) is 43.4 Å². The fraction of sp³-hybridized carbons (Fsp3) is 0.250. The molecule has 0 bridgehead atoms. The van der Waals surface area contributed by atoms with Crippen LogP contribution in [0.15, 0.2) is 6.07 Å². The molecule has 63 valence electrons. The van der Waals surface area contributed by atoms with E-state index in [4.69, 9.17) is 0 Å². The highest BCUT2D eigenvalue weighted by molar-refractivity contribution is 7.11. The standard InChI is InChI=1S/C8H7O3S/c1-5(9)7-3-6(4-12-7)8(10)11-2/h3H,1-2H3. The zero-order chi connectivity index (χ0) is 9.14. The van der Waals surface area contributed by atoms with Crippen molar-refractivity contribution in [1.29, 1.82) is 0 Å². The van der Waals surface area contributed by atoms with E-state index in [1.165, 1.54) is 20.1 Å². The second kappa shape index (κ2) is 3.49. The van der Waals surface area contributed by atoms with Gasteiger partial charge in [-0.15, -0.1) is 11.3 Å². The molecule has 0 aliphatic carbocycles. The summed E-state index contributed by atoms with van der Waals surface area (Å²) in [5.74, 6) is -0.523. The molecular formula is C8H7O3S. The zero-order valence-corrected chi connectivity index (χ0v) is 7.53. The summed E-state index contributed by atoms with van der Waals surface area (Å²) in [7, 11) is 1.29. The summed E-state index contributed by atoms with van der Waals surface area (Å²) < 4.78 is 4.45. The number of Topliss-reactive ketones (excluding diaryl/α,β-unsaturated/α-hetero) is 1. The Morgan fingerprint density at radius 3 is 2.67 bits per heavy atom. The highest BCUT2D eigenvalue weighted by atomic mass is 32.1. The molecule has 1 aromatic heterocycles. The van der Waals surface area contributed by atoms with Gasteiger partial charge in [0.2, 0.25) is 0 Å². The third-order valence-electron chi connectivity index (χ3n) is 1.30. The summed E-state index contributed by atoms with van der Waals surface area (Å²) in [6.45, 7) is 1.45. The smallest absolute Gasteiger partial charge is 0.339 e. The average molecular weight is 183 g/mol. The predicted molar refractivity (Wildman–Crippen MR) is 44.5 cm³/mol. The van der Waals surface area contributed by atoms with E-state index in [9.17, 15) is 9.59 Å². The Hall–Kier alpha value is -1.16. The van der Waals surface area contributed by atoms with Crippen LogP contribution in [0.4, 0.5) is 0 Å². The van der Waals surface area contributed by atoms with E-state index in [0.29, 0.717) is 10.4 Å². The Morgan fingerprint density at radius 2 is 2.25 bits per heavy atom. The maximum atomic E-state index is 10.9. The summed E-state index contributed by atoms with van der Waals surface area (Å²) in [6, 6.07) is 1.48. The molecular weight excluding hydrogens is 176 g/mol. The van der Waals surface area contributed by atoms with E-state index in [0.717, 1.165) is 11.3 Å². The van der Waals surface area contributed by atoms with Gasteiger partial charge < -0.3 is 4.74 Å². The van der Waals surface area contributed by atoms with Gasteiger partial charge in [-0.25, -0.2) is 4.79 Å². The minimum Gasteiger partial charge on any atom is -0.465 e. The second-order valence-electron chi connectivity index (χ2n) is 2.17. The number of thiophene rings is 1. The molecule has 0 atom stereocenters. The van der Waals surface area contributed by atoms with Crippen LogP contribution in [0.1, 0.15) is 27.0 Å². The SMILES string of the molecule is COC(=O)c1[c]sc(C(C)=O)c1. The summed E-state index contributed by atoms with van der Waals surface area (Å²) in [4.78, 5) is 22.2. The molecule has 4 heteroatoms. The van der Waals surface area contributed by atoms with Crippen molar-refractivity contribution in [3.8, 4) is 0 Å². The van der Waals surface area contributed by atoms with Crippen LogP contribution >= 0.6 is 11.3 Å². The first-order valence-corrected chi connectivity index (χ1v) is 4.07. The molecule has 0 saturated heterocycles. The summed E-state index contributed by atoms with van der Waals surface area (Å²) in [6.07, 6.45) is 0. The molecule has 0 fully saturated rings. The van der Waals surface area contributed by atoms with Crippen LogP contribution in [0.3, 0.4) is 0 Å². The van der Waals surface area contributed by atoms with Gasteiger partial charge in [0, 0.05) is 0 Å². The molecule has 1 aromatic rings. The van der Waals surface area contributed by atoms with Gasteiger partial charge in [0.05, 0.1) is 22.9 Å². The van der Waals surface area contributed by atoms with Crippen LogP contribution in [0, 0.1) is 5.38 Å². The lowest BCUT2D eigenvalue weighted by atomic mass is 10.3. The van der Waals surface area contributed by atoms with Gasteiger partial charge in [0.15, 0.2) is 5.78 Å². The van der Waals surface area contributed by atoms with Crippen molar-refractivity contribution in [1.82, 2.24) is 0 Å². The molecule has 1 heterocycles. The molecule has 0 saturated carbocycles. The molecule has 0 amide bonds. The highest BCUT2D eigenvalue weighted by Gasteiger charge is 2.10. The van der Waals surface area contributed by atoms with Crippen LogP contribution in [0.2, 0.25) is 0 Å². The minimum absolute atomic E-state index is 0.0635. The predicted octanol–water partition coefficient (Wildman–Crippen LogP) is 1.54. The fourth-order valence-electron chi connectivity index (χ4n) is 0.684. The lowest BCUT2D eigenvalue weighted by Crippen LogP contribution is -1.98. The van der Waals surface area contributed by atoms with Crippen LogP contribution < -0.4 is 0 Å². The number of esters is 1. The largest absolute Gasteiger partial charge is 0.465 e. The van der Waals surface area contributed by atoms with Gasteiger partial charge in [-0.05, 0) is 13.0 Å². The number of rotatable bonds is 2. The summed E-state index contributed by atoms with van der Waals surface area (Å²) in [5, 5.41) is 2.68. The first kappa shape index (κ1) is 8.93. The zero-order valence-electron chi connectivity index (χ0n) is 6.71. The van der Waals surface area contributed by atoms with Crippen molar-refractivity contribution in [2.24, 2.45) is 0 Å².